The Bertz CT molecular complexity index is 605. The molecule has 0 aromatic heterocycles. The first-order chi connectivity index (χ1) is 11.6. The predicted molar refractivity (Wildman–Crippen MR) is 93.3 cm³/mol. The molecule has 0 aliphatic heterocycles. The third-order valence-electron chi connectivity index (χ3n) is 3.44. The minimum absolute atomic E-state index is 0.0329. The van der Waals surface area contributed by atoms with Gasteiger partial charge >= 0.3 is 5.97 Å². The number of nitrogens with one attached hydrogen (secondary N) is 2. The first kappa shape index (κ1) is 20.5. The smallest absolute Gasteiger partial charge is 0.347 e. The van der Waals surface area contributed by atoms with Gasteiger partial charge in [0.25, 0.3) is 5.91 Å². The third-order valence-corrected chi connectivity index (χ3v) is 3.44. The fourth-order valence-electron chi connectivity index (χ4n) is 1.86. The molecular formula is C18H26N2O5. The Hall–Kier alpha value is -2.57. The van der Waals surface area contributed by atoms with E-state index >= 15 is 0 Å². The van der Waals surface area contributed by atoms with E-state index in [1.807, 2.05) is 12.1 Å². The number of hydrogen-bond donors (Lipinski definition) is 2. The van der Waals surface area contributed by atoms with E-state index < -0.39 is 24.6 Å². The van der Waals surface area contributed by atoms with Crippen LogP contribution >= 0.6 is 0 Å². The summed E-state index contributed by atoms with van der Waals surface area (Å²) in [6, 6.07) is 7.47. The van der Waals surface area contributed by atoms with Crippen LogP contribution in [0.4, 0.5) is 0 Å². The van der Waals surface area contributed by atoms with Crippen LogP contribution in [0.1, 0.15) is 33.3 Å². The molecule has 1 rings (SSSR count). The molecular weight excluding hydrogens is 324 g/mol. The highest BCUT2D eigenvalue weighted by Gasteiger charge is 2.19. The van der Waals surface area contributed by atoms with E-state index in [2.05, 4.69) is 31.4 Å². The second-order valence-corrected chi connectivity index (χ2v) is 6.59. The molecule has 25 heavy (non-hydrogen) atoms. The highest BCUT2D eigenvalue weighted by atomic mass is 16.6. The number of carbonyl (C=O) groups is 3. The van der Waals surface area contributed by atoms with Gasteiger partial charge in [-0.25, -0.2) is 4.79 Å². The molecule has 0 fully saturated rings. The van der Waals surface area contributed by atoms with Crippen LogP contribution in [0.5, 0.6) is 5.75 Å². The Balaban J connectivity index is 2.44. The molecule has 1 aromatic rings. The normalized spacial score (nSPS) is 12.0. The fourth-order valence-corrected chi connectivity index (χ4v) is 1.86. The van der Waals surface area contributed by atoms with E-state index in [9.17, 15) is 14.4 Å². The van der Waals surface area contributed by atoms with Crippen molar-refractivity contribution in [2.24, 2.45) is 0 Å². The van der Waals surface area contributed by atoms with E-state index in [-0.39, 0.29) is 17.9 Å². The Kier molecular flexibility index (Phi) is 7.42. The molecule has 7 nitrogen and oxygen atoms in total. The molecule has 138 valence electrons. The quantitative estimate of drug-likeness (QED) is 0.720. The molecule has 0 aliphatic rings. The number of esters is 1. The maximum atomic E-state index is 11.9. The second-order valence-electron chi connectivity index (χ2n) is 6.59. The van der Waals surface area contributed by atoms with Crippen LogP contribution in [0, 0.1) is 0 Å². The average molecular weight is 350 g/mol. The van der Waals surface area contributed by atoms with Crippen molar-refractivity contribution in [1.29, 1.82) is 0 Å². The van der Waals surface area contributed by atoms with Crippen molar-refractivity contribution in [1.82, 2.24) is 10.6 Å². The minimum Gasteiger partial charge on any atom is -0.479 e. The molecule has 7 heteroatoms. The maximum Gasteiger partial charge on any atom is 0.347 e. The summed E-state index contributed by atoms with van der Waals surface area (Å²) >= 11 is 0. The average Bonchev–Trinajstić information content (AvgIpc) is 2.56. The van der Waals surface area contributed by atoms with Crippen molar-refractivity contribution < 1.29 is 23.9 Å². The molecule has 0 saturated heterocycles. The zero-order chi connectivity index (χ0) is 19.0. The third kappa shape index (κ3) is 7.24. The van der Waals surface area contributed by atoms with E-state index in [4.69, 9.17) is 9.47 Å². The zero-order valence-electron chi connectivity index (χ0n) is 15.3. The van der Waals surface area contributed by atoms with Gasteiger partial charge in [0.2, 0.25) is 5.91 Å². The van der Waals surface area contributed by atoms with Gasteiger partial charge in [0.15, 0.2) is 12.7 Å². The van der Waals surface area contributed by atoms with E-state index in [0.717, 1.165) is 5.56 Å². The van der Waals surface area contributed by atoms with Crippen LogP contribution in [0.25, 0.3) is 0 Å². The fraction of sp³-hybridized carbons (Fsp3) is 0.500. The SMILES string of the molecule is CNC(=O)CNC(=O)COC(=O)[C@H](C)Oc1ccc(C(C)(C)C)cc1. The van der Waals surface area contributed by atoms with Gasteiger partial charge in [-0.2, -0.15) is 0 Å². The number of amides is 2. The van der Waals surface area contributed by atoms with E-state index in [1.54, 1.807) is 19.1 Å². The Morgan fingerprint density at radius 3 is 2.20 bits per heavy atom. The zero-order valence-corrected chi connectivity index (χ0v) is 15.3. The number of likely N-dealkylation sites (N-methyl/N-ethyl adjacent to an activating group) is 1. The molecule has 0 saturated carbocycles. The van der Waals surface area contributed by atoms with Crippen molar-refractivity contribution in [3.63, 3.8) is 0 Å². The standard InChI is InChI=1S/C18H26N2O5/c1-12(17(23)24-11-16(22)20-10-15(21)19-5)25-14-8-6-13(7-9-14)18(2,3)4/h6-9,12H,10-11H2,1-5H3,(H,19,21)(H,20,22)/t12-/m0/s1. The number of benzene rings is 1. The summed E-state index contributed by atoms with van der Waals surface area (Å²) in [6.45, 7) is 7.24. The van der Waals surface area contributed by atoms with Gasteiger partial charge in [0.05, 0.1) is 6.54 Å². The lowest BCUT2D eigenvalue weighted by Crippen LogP contribution is -2.38. The molecule has 0 bridgehead atoms. The highest BCUT2D eigenvalue weighted by molar-refractivity contribution is 5.86. The van der Waals surface area contributed by atoms with Crippen molar-refractivity contribution in [2.45, 2.75) is 39.2 Å². The molecule has 0 unspecified atom stereocenters. The summed E-state index contributed by atoms with van der Waals surface area (Å²) in [5.41, 5.74) is 1.19. The summed E-state index contributed by atoms with van der Waals surface area (Å²) in [4.78, 5) is 34.3. The number of carbonyl (C=O) groups excluding carboxylic acids is 3. The molecule has 0 spiro atoms. The second kappa shape index (κ2) is 9.05. The first-order valence-corrected chi connectivity index (χ1v) is 8.04. The van der Waals surface area contributed by atoms with Gasteiger partial charge in [-0.3, -0.25) is 9.59 Å². The van der Waals surface area contributed by atoms with Crippen molar-refractivity contribution in [2.75, 3.05) is 20.2 Å². The van der Waals surface area contributed by atoms with Crippen LogP contribution in [0.15, 0.2) is 24.3 Å². The molecule has 0 radical (unpaired) electrons. The maximum absolute atomic E-state index is 11.9. The predicted octanol–water partition coefficient (Wildman–Crippen LogP) is 1.16. The molecule has 0 heterocycles. The Morgan fingerprint density at radius 2 is 1.68 bits per heavy atom. The van der Waals surface area contributed by atoms with Crippen molar-refractivity contribution in [3.05, 3.63) is 29.8 Å². The van der Waals surface area contributed by atoms with Gasteiger partial charge in [-0.05, 0) is 30.0 Å². The van der Waals surface area contributed by atoms with Crippen LogP contribution in [0.2, 0.25) is 0 Å². The van der Waals surface area contributed by atoms with Gasteiger partial charge < -0.3 is 20.1 Å². The summed E-state index contributed by atoms with van der Waals surface area (Å²) in [5, 5.41) is 4.69. The Morgan fingerprint density at radius 1 is 1.08 bits per heavy atom. The van der Waals surface area contributed by atoms with Crippen molar-refractivity contribution in [3.8, 4) is 5.75 Å². The Labute approximate surface area is 148 Å². The first-order valence-electron chi connectivity index (χ1n) is 8.04. The summed E-state index contributed by atoms with van der Waals surface area (Å²) in [5.74, 6) is -1.01. The van der Waals surface area contributed by atoms with Crippen molar-refractivity contribution >= 4 is 17.8 Å². The number of rotatable bonds is 7. The van der Waals surface area contributed by atoms with Crippen LogP contribution in [-0.4, -0.2) is 44.1 Å². The lowest BCUT2D eigenvalue weighted by atomic mass is 9.87. The van der Waals surface area contributed by atoms with Gasteiger partial charge in [0.1, 0.15) is 5.75 Å². The molecule has 2 N–H and O–H groups in total. The minimum atomic E-state index is -0.854. The summed E-state index contributed by atoms with van der Waals surface area (Å²) in [7, 11) is 1.46. The molecule has 1 aromatic carbocycles. The number of hydrogen-bond acceptors (Lipinski definition) is 5. The van der Waals surface area contributed by atoms with E-state index in [0.29, 0.717) is 5.75 Å². The van der Waals surface area contributed by atoms with Crippen LogP contribution < -0.4 is 15.4 Å². The highest BCUT2D eigenvalue weighted by Crippen LogP contribution is 2.24. The molecule has 1 atom stereocenters. The summed E-state index contributed by atoms with van der Waals surface area (Å²) in [6.07, 6.45) is -0.854. The van der Waals surface area contributed by atoms with Gasteiger partial charge in [0, 0.05) is 7.05 Å². The lowest BCUT2D eigenvalue weighted by molar-refractivity contribution is -0.154. The topological polar surface area (TPSA) is 93.7 Å². The molecule has 2 amide bonds. The van der Waals surface area contributed by atoms with Gasteiger partial charge in [-0.1, -0.05) is 32.9 Å². The molecule has 0 aliphatic carbocycles. The lowest BCUT2D eigenvalue weighted by Gasteiger charge is -2.20. The van der Waals surface area contributed by atoms with Crippen LogP contribution in [0.3, 0.4) is 0 Å². The number of ether oxygens (including phenoxy) is 2. The van der Waals surface area contributed by atoms with Gasteiger partial charge in [-0.15, -0.1) is 0 Å². The largest absolute Gasteiger partial charge is 0.479 e. The summed E-state index contributed by atoms with van der Waals surface area (Å²) < 4.78 is 10.4. The van der Waals surface area contributed by atoms with Crippen LogP contribution in [-0.2, 0) is 24.5 Å². The van der Waals surface area contributed by atoms with E-state index in [1.165, 1.54) is 7.05 Å². The monoisotopic (exact) mass is 350 g/mol.